The van der Waals surface area contributed by atoms with Gasteiger partial charge in [0.1, 0.15) is 12.4 Å². The molecule has 0 spiro atoms. The predicted octanol–water partition coefficient (Wildman–Crippen LogP) is 7.99. The van der Waals surface area contributed by atoms with Crippen LogP contribution in [0.5, 0.6) is 0 Å². The highest BCUT2D eigenvalue weighted by atomic mass is 28.4. The van der Waals surface area contributed by atoms with E-state index in [0.717, 1.165) is 34.6 Å². The van der Waals surface area contributed by atoms with Crippen molar-refractivity contribution in [3.63, 3.8) is 0 Å². The molecule has 3 rings (SSSR count). The number of para-hydroxylation sites is 2. The third kappa shape index (κ3) is 10.5. The Kier molecular flexibility index (Phi) is 16.3. The van der Waals surface area contributed by atoms with Crippen LogP contribution < -0.4 is 0 Å². The van der Waals surface area contributed by atoms with E-state index in [1.807, 2.05) is 72.7 Å². The average molecular weight is 728 g/mol. The number of carbonyl (C=O) groups is 3. The standard InChI is InChI=1S/C40H61NO9Si/c1-9-14-23-36(43)39(7,10-2)28-40(8,38(45)47-29-51(48-11-3,49-12-4)50-13-5)27-31(26-30(6)37(44)46-25-24-42)41-34-21-17-15-19-32(34)33-20-16-18-22-35(33)41/h15-22,30-31,42H,9-14,23-29H2,1-8H3. The summed E-state index contributed by atoms with van der Waals surface area (Å²) in [6.45, 7) is 15.9. The van der Waals surface area contributed by atoms with E-state index in [9.17, 15) is 19.5 Å². The summed E-state index contributed by atoms with van der Waals surface area (Å²) in [6, 6.07) is 15.9. The summed E-state index contributed by atoms with van der Waals surface area (Å²) in [7, 11) is -3.36. The molecule has 4 atom stereocenters. The number of fused-ring (bicyclic) bond motifs is 3. The van der Waals surface area contributed by atoms with Gasteiger partial charge in [0, 0.05) is 59.5 Å². The number of unbranched alkanes of at least 4 members (excludes halogenated alkanes) is 1. The van der Waals surface area contributed by atoms with Gasteiger partial charge in [0.2, 0.25) is 0 Å². The van der Waals surface area contributed by atoms with Gasteiger partial charge in [-0.3, -0.25) is 14.4 Å². The number of Topliss-reactive ketones (excluding diaryl/α,β-unsaturated/α-hetero) is 1. The van der Waals surface area contributed by atoms with Crippen molar-refractivity contribution in [3.05, 3.63) is 48.5 Å². The number of ketones is 1. The molecule has 0 saturated carbocycles. The minimum atomic E-state index is -3.36. The Morgan fingerprint density at radius 2 is 1.37 bits per heavy atom. The van der Waals surface area contributed by atoms with Crippen LogP contribution in [0.1, 0.15) is 106 Å². The van der Waals surface area contributed by atoms with Crippen LogP contribution in [-0.4, -0.2) is 75.5 Å². The molecule has 1 N–H and O–H groups in total. The molecule has 11 heteroatoms. The van der Waals surface area contributed by atoms with Crippen LogP contribution in [0.2, 0.25) is 0 Å². The highest BCUT2D eigenvalue weighted by Gasteiger charge is 2.49. The van der Waals surface area contributed by atoms with Crippen LogP contribution in [0.3, 0.4) is 0 Å². The molecule has 0 aliphatic heterocycles. The maximum absolute atomic E-state index is 14.7. The van der Waals surface area contributed by atoms with Crippen molar-refractivity contribution >= 4 is 48.3 Å². The van der Waals surface area contributed by atoms with Gasteiger partial charge in [-0.2, -0.15) is 0 Å². The van der Waals surface area contributed by atoms with Gasteiger partial charge >= 0.3 is 20.7 Å². The van der Waals surface area contributed by atoms with Crippen LogP contribution in [0.4, 0.5) is 0 Å². The lowest BCUT2D eigenvalue weighted by Crippen LogP contribution is -2.52. The van der Waals surface area contributed by atoms with E-state index in [-0.39, 0.29) is 44.1 Å². The smallest absolute Gasteiger partial charge is 0.463 e. The van der Waals surface area contributed by atoms with Gasteiger partial charge in [0.05, 0.1) is 17.9 Å². The minimum Gasteiger partial charge on any atom is -0.463 e. The van der Waals surface area contributed by atoms with Crippen molar-refractivity contribution in [3.8, 4) is 0 Å². The summed E-state index contributed by atoms with van der Waals surface area (Å²) in [4.78, 5) is 41.8. The fourth-order valence-corrected chi connectivity index (χ4v) is 9.45. The number of hydrogen-bond acceptors (Lipinski definition) is 9. The second-order valence-electron chi connectivity index (χ2n) is 14.0. The third-order valence-corrected chi connectivity index (χ3v) is 12.7. The maximum Gasteiger partial charge on any atom is 0.540 e. The molecular weight excluding hydrogens is 667 g/mol. The molecule has 1 aromatic heterocycles. The number of ether oxygens (including phenoxy) is 2. The zero-order chi connectivity index (χ0) is 37.7. The van der Waals surface area contributed by atoms with Crippen molar-refractivity contribution in [2.45, 2.75) is 106 Å². The normalized spacial score (nSPS) is 15.6. The lowest BCUT2D eigenvalue weighted by molar-refractivity contribution is -0.159. The Balaban J connectivity index is 2.21. The first kappa shape index (κ1) is 42.3. The molecule has 10 nitrogen and oxygen atoms in total. The first-order valence-corrected chi connectivity index (χ1v) is 20.7. The van der Waals surface area contributed by atoms with E-state index in [0.29, 0.717) is 39.1 Å². The summed E-state index contributed by atoms with van der Waals surface area (Å²) in [5, 5.41) is 11.5. The summed E-state index contributed by atoms with van der Waals surface area (Å²) in [5.41, 5.74) is -0.0245. The zero-order valence-electron chi connectivity index (χ0n) is 32.1. The van der Waals surface area contributed by atoms with Crippen LogP contribution in [0.25, 0.3) is 21.8 Å². The minimum absolute atomic E-state index is 0.0902. The number of aliphatic hydroxyl groups is 1. The quantitative estimate of drug-likeness (QED) is 0.0723. The lowest BCUT2D eigenvalue weighted by Gasteiger charge is -2.40. The molecule has 0 amide bonds. The van der Waals surface area contributed by atoms with Gasteiger partial charge < -0.3 is 32.4 Å². The summed E-state index contributed by atoms with van der Waals surface area (Å²) in [5.74, 6) is -1.32. The molecule has 3 aromatic rings. The Morgan fingerprint density at radius 3 is 1.86 bits per heavy atom. The Bertz CT molecular complexity index is 1500. The molecule has 0 saturated heterocycles. The van der Waals surface area contributed by atoms with Crippen LogP contribution in [-0.2, 0) is 37.1 Å². The number of carbonyl (C=O) groups excluding carboxylic acids is 3. The van der Waals surface area contributed by atoms with Gasteiger partial charge in [-0.1, -0.05) is 70.5 Å². The first-order valence-electron chi connectivity index (χ1n) is 18.8. The van der Waals surface area contributed by atoms with Gasteiger partial charge in [-0.15, -0.1) is 0 Å². The van der Waals surface area contributed by atoms with Crippen LogP contribution in [0, 0.1) is 16.7 Å². The topological polar surface area (TPSA) is 123 Å². The van der Waals surface area contributed by atoms with Crippen LogP contribution in [0.15, 0.2) is 48.5 Å². The molecule has 0 radical (unpaired) electrons. The fraction of sp³-hybridized carbons (Fsp3) is 0.625. The maximum atomic E-state index is 14.7. The van der Waals surface area contributed by atoms with Crippen molar-refractivity contribution in [1.29, 1.82) is 0 Å². The molecule has 0 fully saturated rings. The molecule has 2 aromatic carbocycles. The molecule has 0 bridgehead atoms. The molecule has 1 heterocycles. The van der Waals surface area contributed by atoms with Gasteiger partial charge in [0.25, 0.3) is 0 Å². The van der Waals surface area contributed by atoms with Gasteiger partial charge in [0.15, 0.2) is 6.23 Å². The van der Waals surface area contributed by atoms with Crippen LogP contribution >= 0.6 is 0 Å². The number of aliphatic hydroxyl groups excluding tert-OH is 1. The van der Waals surface area contributed by atoms with Crippen molar-refractivity contribution in [2.75, 3.05) is 39.3 Å². The van der Waals surface area contributed by atoms with Gasteiger partial charge in [-0.25, -0.2) is 0 Å². The van der Waals surface area contributed by atoms with E-state index in [1.165, 1.54) is 0 Å². The van der Waals surface area contributed by atoms with Crippen molar-refractivity contribution in [1.82, 2.24) is 4.57 Å². The number of aromatic nitrogens is 1. The summed E-state index contributed by atoms with van der Waals surface area (Å²) >= 11 is 0. The van der Waals surface area contributed by atoms with E-state index < -0.39 is 37.5 Å². The second-order valence-corrected chi connectivity index (χ2v) is 16.5. The van der Waals surface area contributed by atoms with E-state index in [1.54, 1.807) is 0 Å². The highest BCUT2D eigenvalue weighted by Crippen LogP contribution is 2.47. The van der Waals surface area contributed by atoms with E-state index in [4.69, 9.17) is 22.8 Å². The SMILES string of the molecule is CCCCC(=O)C(C)(CC)CC(C)(CC(CC(C)C(=O)OCCO)n1c2ccccc2c2ccccc21)C(=O)OC[Si](OCC)(OCC)OCC. The molecule has 284 valence electrons. The largest absolute Gasteiger partial charge is 0.540 e. The highest BCUT2D eigenvalue weighted by molar-refractivity contribution is 6.60. The van der Waals surface area contributed by atoms with Gasteiger partial charge in [-0.05, 0) is 71.9 Å². The number of benzene rings is 2. The van der Waals surface area contributed by atoms with E-state index in [2.05, 4.69) is 35.8 Å². The first-order chi connectivity index (χ1) is 24.4. The fourth-order valence-electron chi connectivity index (χ4n) is 7.33. The molecule has 4 unspecified atom stereocenters. The molecule has 0 aliphatic rings. The second kappa shape index (κ2) is 19.7. The predicted molar refractivity (Wildman–Crippen MR) is 202 cm³/mol. The average Bonchev–Trinajstić information content (AvgIpc) is 3.46. The Hall–Kier alpha value is -3.09. The van der Waals surface area contributed by atoms with E-state index >= 15 is 0 Å². The molecular formula is C40H61NO9Si. The lowest BCUT2D eigenvalue weighted by atomic mass is 9.66. The Labute approximate surface area is 305 Å². The Morgan fingerprint density at radius 1 is 0.824 bits per heavy atom. The number of nitrogens with zero attached hydrogens (tertiary/aromatic N) is 1. The molecule has 0 aliphatic carbocycles. The monoisotopic (exact) mass is 727 g/mol. The number of esters is 2. The summed E-state index contributed by atoms with van der Waals surface area (Å²) < 4.78 is 31.8. The van der Waals surface area contributed by atoms with Crippen molar-refractivity contribution in [2.24, 2.45) is 16.7 Å². The van der Waals surface area contributed by atoms with Crippen molar-refractivity contribution < 1.29 is 42.2 Å². The zero-order valence-corrected chi connectivity index (χ0v) is 33.1. The third-order valence-electron chi connectivity index (χ3n) is 9.99. The number of hydrogen-bond donors (Lipinski definition) is 1. The molecule has 51 heavy (non-hydrogen) atoms. The summed E-state index contributed by atoms with van der Waals surface area (Å²) in [6.07, 6.45) is 3.37. The number of rotatable bonds is 24.